The maximum Gasteiger partial charge on any atom is 0.246 e. The fourth-order valence-electron chi connectivity index (χ4n) is 4.28. The summed E-state index contributed by atoms with van der Waals surface area (Å²) in [6, 6.07) is 5.48. The minimum atomic E-state index is -0.328. The second-order valence-corrected chi connectivity index (χ2v) is 9.13. The third-order valence-electron chi connectivity index (χ3n) is 6.24. The lowest BCUT2D eigenvalue weighted by molar-refractivity contribution is -0.132. The molecule has 8 heteroatoms. The lowest BCUT2D eigenvalue weighted by Crippen LogP contribution is -2.45. The van der Waals surface area contributed by atoms with Gasteiger partial charge in [0.2, 0.25) is 17.7 Å². The predicted molar refractivity (Wildman–Crippen MR) is 124 cm³/mol. The molecule has 0 atom stereocenters. The van der Waals surface area contributed by atoms with Gasteiger partial charge in [-0.05, 0) is 71.4 Å². The van der Waals surface area contributed by atoms with Gasteiger partial charge in [0, 0.05) is 38.3 Å². The Morgan fingerprint density at radius 1 is 1.06 bits per heavy atom. The number of furan rings is 1. The van der Waals surface area contributed by atoms with Crippen LogP contribution in [0.4, 0.5) is 0 Å². The van der Waals surface area contributed by atoms with Gasteiger partial charge in [-0.1, -0.05) is 0 Å². The molecule has 2 fully saturated rings. The smallest absolute Gasteiger partial charge is 0.246 e. The zero-order valence-electron chi connectivity index (χ0n) is 17.9. The Balaban J connectivity index is 1.20. The number of likely N-dealkylation sites (tertiary alicyclic amines) is 2. The van der Waals surface area contributed by atoms with Crippen LogP contribution in [0.15, 0.2) is 51.8 Å². The summed E-state index contributed by atoms with van der Waals surface area (Å²) in [5, 5.41) is 6.64. The van der Waals surface area contributed by atoms with Crippen molar-refractivity contribution in [2.45, 2.75) is 19.3 Å². The quantitative estimate of drug-likeness (QED) is 0.682. The molecule has 0 saturated carbocycles. The van der Waals surface area contributed by atoms with Crippen LogP contribution in [0.5, 0.6) is 0 Å². The highest BCUT2D eigenvalue weighted by molar-refractivity contribution is 7.08. The second kappa shape index (κ2) is 9.99. The van der Waals surface area contributed by atoms with Gasteiger partial charge in [-0.3, -0.25) is 14.4 Å². The van der Waals surface area contributed by atoms with E-state index in [4.69, 9.17) is 4.42 Å². The summed E-state index contributed by atoms with van der Waals surface area (Å²) in [6.45, 7) is 2.79. The van der Waals surface area contributed by atoms with Crippen molar-refractivity contribution in [2.75, 3.05) is 32.7 Å². The number of rotatable bonds is 6. The number of thiophene rings is 1. The molecule has 168 valence electrons. The van der Waals surface area contributed by atoms with E-state index in [2.05, 4.69) is 5.32 Å². The number of hydrogen-bond acceptors (Lipinski definition) is 5. The van der Waals surface area contributed by atoms with E-state index in [1.165, 1.54) is 12.3 Å². The number of nitrogens with one attached hydrogen (secondary N) is 1. The highest BCUT2D eigenvalue weighted by Crippen LogP contribution is 2.40. The number of piperidine rings is 1. The molecule has 2 aromatic rings. The highest BCUT2D eigenvalue weighted by atomic mass is 32.1. The van der Waals surface area contributed by atoms with Crippen LogP contribution in [0.2, 0.25) is 0 Å². The molecule has 0 bridgehead atoms. The number of nitrogens with zero attached hydrogens (tertiary/aromatic N) is 2. The normalized spacial score (nSPS) is 18.1. The number of carbonyl (C=O) groups excluding carboxylic acids is 3. The first-order chi connectivity index (χ1) is 15.5. The molecular formula is C24H27N3O4S. The molecule has 1 N–H and O–H groups in total. The molecule has 2 aliphatic heterocycles. The first-order valence-electron chi connectivity index (χ1n) is 10.8. The van der Waals surface area contributed by atoms with E-state index >= 15 is 0 Å². The van der Waals surface area contributed by atoms with E-state index < -0.39 is 0 Å². The van der Waals surface area contributed by atoms with Crippen molar-refractivity contribution >= 4 is 41.2 Å². The maximum absolute atomic E-state index is 12.6. The van der Waals surface area contributed by atoms with Gasteiger partial charge in [-0.15, -0.1) is 0 Å². The molecule has 0 aliphatic carbocycles. The van der Waals surface area contributed by atoms with Crippen molar-refractivity contribution in [1.82, 2.24) is 15.1 Å². The number of carbonyl (C=O) groups is 3. The van der Waals surface area contributed by atoms with Gasteiger partial charge < -0.3 is 19.5 Å². The molecule has 7 nitrogen and oxygen atoms in total. The molecule has 32 heavy (non-hydrogen) atoms. The Morgan fingerprint density at radius 3 is 2.53 bits per heavy atom. The van der Waals surface area contributed by atoms with Crippen molar-refractivity contribution in [1.29, 1.82) is 0 Å². The number of amides is 3. The van der Waals surface area contributed by atoms with E-state index in [9.17, 15) is 14.4 Å². The van der Waals surface area contributed by atoms with E-state index in [-0.39, 0.29) is 29.7 Å². The lowest BCUT2D eigenvalue weighted by Gasteiger charge is -2.39. The van der Waals surface area contributed by atoms with Gasteiger partial charge in [0.15, 0.2) is 0 Å². The van der Waals surface area contributed by atoms with E-state index in [1.54, 1.807) is 35.6 Å². The molecule has 0 radical (unpaired) electrons. The summed E-state index contributed by atoms with van der Waals surface area (Å²) in [4.78, 5) is 40.7. The van der Waals surface area contributed by atoms with Gasteiger partial charge >= 0.3 is 0 Å². The molecule has 4 rings (SSSR count). The second-order valence-electron chi connectivity index (χ2n) is 8.35. The lowest BCUT2D eigenvalue weighted by atomic mass is 9.78. The van der Waals surface area contributed by atoms with Crippen molar-refractivity contribution in [3.63, 3.8) is 0 Å². The largest absolute Gasteiger partial charge is 0.465 e. The maximum atomic E-state index is 12.6. The zero-order valence-corrected chi connectivity index (χ0v) is 18.7. The molecule has 1 spiro atoms. The zero-order chi connectivity index (χ0) is 22.4. The van der Waals surface area contributed by atoms with Crippen LogP contribution in [0.25, 0.3) is 12.2 Å². The minimum absolute atomic E-state index is 0.0185. The van der Waals surface area contributed by atoms with Crippen LogP contribution in [-0.2, 0) is 14.4 Å². The van der Waals surface area contributed by atoms with Crippen LogP contribution >= 0.6 is 11.3 Å². The van der Waals surface area contributed by atoms with Crippen molar-refractivity contribution in [3.8, 4) is 0 Å². The first kappa shape index (κ1) is 22.1. The van der Waals surface area contributed by atoms with Crippen molar-refractivity contribution in [2.24, 2.45) is 5.41 Å². The SMILES string of the molecule is O=C(C=Cc1ccco1)NCC(=O)N1CCC2(CCN(C(=O)C=Cc3ccsc3)CC2)C1. The summed E-state index contributed by atoms with van der Waals surface area (Å²) in [7, 11) is 0. The summed E-state index contributed by atoms with van der Waals surface area (Å²) in [6.07, 6.45) is 10.7. The third kappa shape index (κ3) is 5.56. The Labute approximate surface area is 191 Å². The van der Waals surface area contributed by atoms with Crippen LogP contribution < -0.4 is 5.32 Å². The topological polar surface area (TPSA) is 82.9 Å². The van der Waals surface area contributed by atoms with Gasteiger partial charge in [0.05, 0.1) is 12.8 Å². The minimum Gasteiger partial charge on any atom is -0.465 e. The van der Waals surface area contributed by atoms with Gasteiger partial charge in [0.1, 0.15) is 5.76 Å². The standard InChI is InChI=1S/C24H27N3O4S/c28-21(5-4-20-2-1-14-31-20)25-16-23(30)27-13-10-24(18-27)8-11-26(12-9-24)22(29)6-3-19-7-15-32-17-19/h1-7,14-15,17H,8-13,16,18H2,(H,25,28). The Hall–Kier alpha value is -3.13. The summed E-state index contributed by atoms with van der Waals surface area (Å²) in [5.41, 5.74) is 1.12. The van der Waals surface area contributed by atoms with Crippen molar-refractivity contribution < 1.29 is 18.8 Å². The average Bonchev–Trinajstić information content (AvgIpc) is 3.58. The van der Waals surface area contributed by atoms with Crippen molar-refractivity contribution in [3.05, 3.63) is 58.7 Å². The molecule has 4 heterocycles. The Bertz CT molecular complexity index is 987. The van der Waals surface area contributed by atoms with Gasteiger partial charge in [0.25, 0.3) is 0 Å². The first-order valence-corrected chi connectivity index (χ1v) is 11.7. The van der Waals surface area contributed by atoms with Crippen LogP contribution in [0, 0.1) is 5.41 Å². The van der Waals surface area contributed by atoms with E-state index in [0.717, 1.165) is 24.8 Å². The van der Waals surface area contributed by atoms with Crippen LogP contribution in [-0.4, -0.2) is 60.2 Å². The Kier molecular flexibility index (Phi) is 6.90. The third-order valence-corrected chi connectivity index (χ3v) is 6.95. The predicted octanol–water partition coefficient (Wildman–Crippen LogP) is 3.03. The molecule has 2 saturated heterocycles. The Morgan fingerprint density at radius 2 is 1.84 bits per heavy atom. The monoisotopic (exact) mass is 453 g/mol. The highest BCUT2D eigenvalue weighted by Gasteiger charge is 2.42. The fourth-order valence-corrected chi connectivity index (χ4v) is 4.91. The summed E-state index contributed by atoms with van der Waals surface area (Å²) in [5.74, 6) is 0.229. The molecule has 2 aliphatic rings. The van der Waals surface area contributed by atoms with Crippen LogP contribution in [0.1, 0.15) is 30.6 Å². The molecule has 2 aromatic heterocycles. The van der Waals surface area contributed by atoms with Gasteiger partial charge in [-0.25, -0.2) is 0 Å². The fraction of sp³-hybridized carbons (Fsp3) is 0.375. The number of hydrogen-bond donors (Lipinski definition) is 1. The molecule has 0 aromatic carbocycles. The summed E-state index contributed by atoms with van der Waals surface area (Å²) >= 11 is 1.61. The molecular weight excluding hydrogens is 426 g/mol. The van der Waals surface area contributed by atoms with E-state index in [1.807, 2.05) is 32.7 Å². The molecule has 0 unspecified atom stereocenters. The van der Waals surface area contributed by atoms with Crippen LogP contribution in [0.3, 0.4) is 0 Å². The average molecular weight is 454 g/mol. The summed E-state index contributed by atoms with van der Waals surface area (Å²) < 4.78 is 5.14. The van der Waals surface area contributed by atoms with E-state index in [0.29, 0.717) is 31.9 Å². The van der Waals surface area contributed by atoms with Gasteiger partial charge in [-0.2, -0.15) is 11.3 Å². The molecule has 3 amide bonds.